The number of aromatic nitrogens is 2. The molecule has 0 fully saturated rings. The van der Waals surface area contributed by atoms with Gasteiger partial charge < -0.3 is 9.47 Å². The van der Waals surface area contributed by atoms with Crippen LogP contribution in [0.3, 0.4) is 0 Å². The maximum absolute atomic E-state index is 14.3. The lowest BCUT2D eigenvalue weighted by Gasteiger charge is -2.15. The van der Waals surface area contributed by atoms with Crippen LogP contribution in [-0.2, 0) is 0 Å². The van der Waals surface area contributed by atoms with Crippen molar-refractivity contribution in [3.63, 3.8) is 0 Å². The highest BCUT2D eigenvalue weighted by Crippen LogP contribution is 2.38. The van der Waals surface area contributed by atoms with Crippen LogP contribution in [0.5, 0.6) is 11.6 Å². The molecule has 0 atom stereocenters. The van der Waals surface area contributed by atoms with Crippen LogP contribution < -0.4 is 9.47 Å². The van der Waals surface area contributed by atoms with Crippen molar-refractivity contribution in [1.82, 2.24) is 9.97 Å². The molecule has 10 heteroatoms. The summed E-state index contributed by atoms with van der Waals surface area (Å²) in [5.74, 6) is -1.10. The lowest BCUT2D eigenvalue weighted by atomic mass is 10.1. The Labute approximate surface area is 150 Å². The molecule has 1 aromatic carbocycles. The summed E-state index contributed by atoms with van der Waals surface area (Å²) >= 11 is 11.9. The summed E-state index contributed by atoms with van der Waals surface area (Å²) in [6.07, 6.45) is -3.88. The van der Waals surface area contributed by atoms with E-state index in [9.17, 15) is 17.6 Å². The highest BCUT2D eigenvalue weighted by atomic mass is 35.5. The van der Waals surface area contributed by atoms with E-state index in [-0.39, 0.29) is 33.2 Å². The van der Waals surface area contributed by atoms with Gasteiger partial charge in [0.1, 0.15) is 22.9 Å². The molecule has 0 unspecified atom stereocenters. The zero-order valence-electron chi connectivity index (χ0n) is 13.0. The molecule has 2 rings (SSSR count). The molecule has 0 bridgehead atoms. The van der Waals surface area contributed by atoms with Crippen LogP contribution in [0.1, 0.15) is 13.8 Å². The number of halogens is 6. The van der Waals surface area contributed by atoms with Gasteiger partial charge in [-0.3, -0.25) is 0 Å². The van der Waals surface area contributed by atoms with Crippen LogP contribution >= 0.6 is 23.2 Å². The molecule has 1 aromatic heterocycles. The number of rotatable bonds is 5. The third kappa shape index (κ3) is 5.09. The van der Waals surface area contributed by atoms with E-state index in [4.69, 9.17) is 27.9 Å². The van der Waals surface area contributed by atoms with Crippen molar-refractivity contribution < 1.29 is 27.0 Å². The van der Waals surface area contributed by atoms with Crippen molar-refractivity contribution in [1.29, 1.82) is 0 Å². The second-order valence-electron chi connectivity index (χ2n) is 5.17. The van der Waals surface area contributed by atoms with E-state index in [0.717, 1.165) is 12.4 Å². The quantitative estimate of drug-likeness (QED) is 0.639. The number of benzene rings is 1. The van der Waals surface area contributed by atoms with Gasteiger partial charge in [0.05, 0.1) is 16.8 Å². The Hall–Kier alpha value is -1.80. The first-order valence-corrected chi connectivity index (χ1v) is 7.70. The fraction of sp³-hybridized carbons (Fsp3) is 0.333. The Kier molecular flexibility index (Phi) is 5.95. The van der Waals surface area contributed by atoms with Crippen LogP contribution in [0.15, 0.2) is 18.5 Å². The monoisotopic (exact) mass is 398 g/mol. The summed E-state index contributed by atoms with van der Waals surface area (Å²) in [5, 5.41) is -0.322. The summed E-state index contributed by atoms with van der Waals surface area (Å²) < 4.78 is 61.1. The summed E-state index contributed by atoms with van der Waals surface area (Å²) in [7, 11) is 0. The number of hydrogen-bond donors (Lipinski definition) is 0. The van der Waals surface area contributed by atoms with Gasteiger partial charge >= 0.3 is 6.18 Å². The number of hydrogen-bond acceptors (Lipinski definition) is 4. The lowest BCUT2D eigenvalue weighted by molar-refractivity contribution is -0.154. The van der Waals surface area contributed by atoms with Crippen molar-refractivity contribution in [3.8, 4) is 22.9 Å². The molecule has 1 heterocycles. The Bertz CT molecular complexity index is 770. The van der Waals surface area contributed by atoms with Crippen LogP contribution in [-0.4, -0.2) is 28.9 Å². The van der Waals surface area contributed by atoms with Gasteiger partial charge in [-0.1, -0.05) is 23.2 Å². The second-order valence-corrected chi connectivity index (χ2v) is 5.96. The molecule has 0 aliphatic rings. The number of nitrogens with zero attached hydrogens (tertiary/aromatic N) is 2. The molecule has 0 spiro atoms. The molecular weight excluding hydrogens is 387 g/mol. The standard InChI is InChI=1S/C15H12Cl2F4N2O2/c1-7(2)25-11-3-8(10(18)4-9(11)16)13-12(17)14(23-6-22-13)24-5-15(19,20)21/h3-4,6-7H,5H2,1-2H3. The van der Waals surface area contributed by atoms with E-state index >= 15 is 0 Å². The minimum absolute atomic E-state index is 0.0358. The van der Waals surface area contributed by atoms with Crippen LogP contribution in [0.25, 0.3) is 11.3 Å². The smallest absolute Gasteiger partial charge is 0.422 e. The van der Waals surface area contributed by atoms with Gasteiger partial charge in [-0.05, 0) is 26.0 Å². The van der Waals surface area contributed by atoms with Gasteiger partial charge in [-0.2, -0.15) is 13.2 Å². The average Bonchev–Trinajstić information content (AvgIpc) is 2.48. The Morgan fingerprint density at radius 2 is 1.84 bits per heavy atom. The molecule has 0 radical (unpaired) electrons. The molecule has 0 saturated heterocycles. The fourth-order valence-electron chi connectivity index (χ4n) is 1.85. The molecule has 0 amide bonds. The summed E-state index contributed by atoms with van der Waals surface area (Å²) in [6.45, 7) is 1.91. The predicted molar refractivity (Wildman–Crippen MR) is 84.8 cm³/mol. The minimum Gasteiger partial charge on any atom is -0.489 e. The van der Waals surface area contributed by atoms with E-state index in [0.29, 0.717) is 0 Å². The zero-order valence-corrected chi connectivity index (χ0v) is 14.5. The third-order valence-electron chi connectivity index (χ3n) is 2.77. The molecule has 0 N–H and O–H groups in total. The van der Waals surface area contributed by atoms with E-state index < -0.39 is 24.5 Å². The van der Waals surface area contributed by atoms with Crippen molar-refractivity contribution in [2.45, 2.75) is 26.1 Å². The van der Waals surface area contributed by atoms with E-state index in [1.807, 2.05) is 0 Å². The molecule has 0 aliphatic carbocycles. The van der Waals surface area contributed by atoms with Gasteiger partial charge in [0.25, 0.3) is 0 Å². The first-order chi connectivity index (χ1) is 11.6. The van der Waals surface area contributed by atoms with Gasteiger partial charge in [-0.25, -0.2) is 14.4 Å². The maximum atomic E-state index is 14.3. The van der Waals surface area contributed by atoms with Gasteiger partial charge in [-0.15, -0.1) is 0 Å². The van der Waals surface area contributed by atoms with Gasteiger partial charge in [0, 0.05) is 5.56 Å². The second kappa shape index (κ2) is 7.61. The van der Waals surface area contributed by atoms with E-state index in [2.05, 4.69) is 14.7 Å². The predicted octanol–water partition coefficient (Wildman–Crippen LogP) is 5.32. The third-order valence-corrected chi connectivity index (χ3v) is 3.41. The van der Waals surface area contributed by atoms with Crippen LogP contribution in [0.2, 0.25) is 10.0 Å². The van der Waals surface area contributed by atoms with Crippen molar-refractivity contribution in [2.75, 3.05) is 6.61 Å². The Morgan fingerprint density at radius 3 is 2.44 bits per heavy atom. The van der Waals surface area contributed by atoms with Crippen LogP contribution in [0.4, 0.5) is 17.6 Å². The summed E-state index contributed by atoms with van der Waals surface area (Å²) in [6, 6.07) is 2.27. The first kappa shape index (κ1) is 19.5. The van der Waals surface area contributed by atoms with Crippen LogP contribution in [0, 0.1) is 5.82 Å². The Balaban J connectivity index is 2.44. The maximum Gasteiger partial charge on any atom is 0.422 e. The Morgan fingerprint density at radius 1 is 1.16 bits per heavy atom. The zero-order chi connectivity index (χ0) is 18.8. The van der Waals surface area contributed by atoms with Gasteiger partial charge in [0.2, 0.25) is 5.88 Å². The SMILES string of the molecule is CC(C)Oc1cc(-c2ncnc(OCC(F)(F)F)c2Cl)c(F)cc1Cl. The van der Waals surface area contributed by atoms with Crippen molar-refractivity contribution >= 4 is 23.2 Å². The molecule has 0 aliphatic heterocycles. The highest BCUT2D eigenvalue weighted by molar-refractivity contribution is 6.34. The molecule has 136 valence electrons. The van der Waals surface area contributed by atoms with Crippen molar-refractivity contribution in [2.24, 2.45) is 0 Å². The first-order valence-electron chi connectivity index (χ1n) is 6.94. The summed E-state index contributed by atoms with van der Waals surface area (Å²) in [4.78, 5) is 7.36. The average molecular weight is 399 g/mol. The topological polar surface area (TPSA) is 44.2 Å². The minimum atomic E-state index is -4.57. The number of alkyl halides is 3. The molecule has 0 saturated carbocycles. The fourth-order valence-corrected chi connectivity index (χ4v) is 2.30. The van der Waals surface area contributed by atoms with Gasteiger partial charge in [0.15, 0.2) is 6.61 Å². The summed E-state index contributed by atoms with van der Waals surface area (Å²) in [5.41, 5.74) is -0.249. The largest absolute Gasteiger partial charge is 0.489 e. The number of ether oxygens (including phenoxy) is 2. The van der Waals surface area contributed by atoms with E-state index in [1.54, 1.807) is 13.8 Å². The lowest BCUT2D eigenvalue weighted by Crippen LogP contribution is -2.20. The molecular formula is C15H12Cl2F4N2O2. The highest BCUT2D eigenvalue weighted by Gasteiger charge is 2.29. The molecule has 4 nitrogen and oxygen atoms in total. The normalized spacial score (nSPS) is 11.7. The molecule has 25 heavy (non-hydrogen) atoms. The molecule has 2 aromatic rings. The van der Waals surface area contributed by atoms with Crippen molar-refractivity contribution in [3.05, 3.63) is 34.3 Å². The van der Waals surface area contributed by atoms with E-state index in [1.165, 1.54) is 6.07 Å².